The van der Waals surface area contributed by atoms with Crippen LogP contribution in [0.4, 0.5) is 0 Å². The van der Waals surface area contributed by atoms with Crippen molar-refractivity contribution in [2.75, 3.05) is 0 Å². The van der Waals surface area contributed by atoms with Gasteiger partial charge in [-0.1, -0.05) is 27.7 Å². The first-order chi connectivity index (χ1) is 6.45. The molecule has 0 amide bonds. The number of hydrogen-bond acceptors (Lipinski definition) is 2. The number of carbonyl (C=O) groups is 2. The van der Waals surface area contributed by atoms with Gasteiger partial charge in [-0.15, -0.1) is 0 Å². The zero-order valence-corrected chi connectivity index (χ0v) is 9.39. The molecule has 0 saturated carbocycles. The lowest BCUT2D eigenvalue weighted by atomic mass is 9.79. The Labute approximate surface area is 85.4 Å². The van der Waals surface area contributed by atoms with Crippen LogP contribution in [-0.4, -0.2) is 11.6 Å². The molecule has 14 heavy (non-hydrogen) atoms. The topological polar surface area (TPSA) is 34.1 Å². The third-order valence-corrected chi connectivity index (χ3v) is 2.62. The predicted molar refractivity (Wildman–Crippen MR) is 56.0 cm³/mol. The Kier molecular flexibility index (Phi) is 3.25. The van der Waals surface area contributed by atoms with E-state index in [9.17, 15) is 9.59 Å². The fourth-order valence-corrected chi connectivity index (χ4v) is 2.06. The first-order valence-electron chi connectivity index (χ1n) is 5.25. The Morgan fingerprint density at radius 3 is 1.29 bits per heavy atom. The number of carbonyl (C=O) groups excluding carboxylic acids is 2. The maximum atomic E-state index is 11.7. The molecular formula is C12H18O2. The van der Waals surface area contributed by atoms with Gasteiger partial charge in [0.25, 0.3) is 0 Å². The Hall–Kier alpha value is -0.920. The molecule has 2 nitrogen and oxygen atoms in total. The van der Waals surface area contributed by atoms with E-state index in [1.165, 1.54) is 0 Å². The third-order valence-electron chi connectivity index (χ3n) is 2.62. The van der Waals surface area contributed by atoms with Crippen molar-refractivity contribution in [1.82, 2.24) is 0 Å². The van der Waals surface area contributed by atoms with Gasteiger partial charge in [-0.3, -0.25) is 9.59 Å². The largest absolute Gasteiger partial charge is 0.295 e. The highest BCUT2D eigenvalue weighted by Crippen LogP contribution is 2.29. The second kappa shape index (κ2) is 4.07. The van der Waals surface area contributed by atoms with Crippen molar-refractivity contribution in [2.45, 2.75) is 40.5 Å². The van der Waals surface area contributed by atoms with E-state index in [0.29, 0.717) is 12.8 Å². The van der Waals surface area contributed by atoms with Crippen molar-refractivity contribution in [2.24, 2.45) is 11.8 Å². The first kappa shape index (κ1) is 11.2. The maximum Gasteiger partial charge on any atom is 0.159 e. The summed E-state index contributed by atoms with van der Waals surface area (Å²) >= 11 is 0. The normalized spacial score (nSPS) is 18.7. The molecule has 0 aromatic heterocycles. The molecule has 0 N–H and O–H groups in total. The predicted octanol–water partition coefficient (Wildman–Crippen LogP) is 2.53. The van der Waals surface area contributed by atoms with E-state index in [2.05, 4.69) is 0 Å². The van der Waals surface area contributed by atoms with Gasteiger partial charge in [0.15, 0.2) is 11.6 Å². The molecule has 1 rings (SSSR count). The van der Waals surface area contributed by atoms with Gasteiger partial charge in [-0.2, -0.15) is 0 Å². The minimum atomic E-state index is 0.170. The summed E-state index contributed by atoms with van der Waals surface area (Å²) in [6.45, 7) is 7.92. The molecular weight excluding hydrogens is 176 g/mol. The van der Waals surface area contributed by atoms with Crippen LogP contribution < -0.4 is 0 Å². The van der Waals surface area contributed by atoms with Crippen LogP contribution in [0.1, 0.15) is 40.5 Å². The van der Waals surface area contributed by atoms with Gasteiger partial charge in [0.05, 0.1) is 0 Å². The average molecular weight is 194 g/mol. The summed E-state index contributed by atoms with van der Waals surface area (Å²) in [5.74, 6) is 0.680. The fraction of sp³-hybridized carbons (Fsp3) is 0.667. The van der Waals surface area contributed by atoms with Gasteiger partial charge in [0.1, 0.15) is 0 Å². The van der Waals surface area contributed by atoms with Crippen LogP contribution in [0, 0.1) is 11.8 Å². The molecule has 0 aromatic carbocycles. The highest BCUT2D eigenvalue weighted by Gasteiger charge is 2.29. The van der Waals surface area contributed by atoms with E-state index in [4.69, 9.17) is 0 Å². The Balaban J connectivity index is 3.24. The number of ketones is 2. The van der Waals surface area contributed by atoms with E-state index < -0.39 is 0 Å². The van der Waals surface area contributed by atoms with Crippen molar-refractivity contribution in [1.29, 1.82) is 0 Å². The molecule has 1 aliphatic rings. The standard InChI is InChI=1S/C12H18O2/c1-7(2)11-9(13)5-6-10(14)12(11)8(3)4/h7-8H,5-6H2,1-4H3. The Morgan fingerprint density at radius 1 is 0.786 bits per heavy atom. The lowest BCUT2D eigenvalue weighted by Gasteiger charge is -2.23. The molecule has 0 atom stereocenters. The van der Waals surface area contributed by atoms with E-state index >= 15 is 0 Å². The highest BCUT2D eigenvalue weighted by atomic mass is 16.1. The molecule has 0 fully saturated rings. The molecule has 0 saturated heterocycles. The summed E-state index contributed by atoms with van der Waals surface area (Å²) in [4.78, 5) is 23.4. The van der Waals surface area contributed by atoms with Crippen molar-refractivity contribution in [3.63, 3.8) is 0 Å². The van der Waals surface area contributed by atoms with Crippen molar-refractivity contribution in [3.8, 4) is 0 Å². The molecule has 0 spiro atoms. The van der Waals surface area contributed by atoms with E-state index in [-0.39, 0.29) is 23.4 Å². The van der Waals surface area contributed by atoms with Crippen LogP contribution in [0.3, 0.4) is 0 Å². The summed E-state index contributed by atoms with van der Waals surface area (Å²) in [6.07, 6.45) is 0.811. The lowest BCUT2D eigenvalue weighted by Crippen LogP contribution is -2.25. The molecule has 78 valence electrons. The minimum absolute atomic E-state index is 0.170. The van der Waals surface area contributed by atoms with E-state index in [0.717, 1.165) is 11.1 Å². The third kappa shape index (κ3) is 1.94. The van der Waals surface area contributed by atoms with Crippen LogP contribution >= 0.6 is 0 Å². The number of rotatable bonds is 2. The fourth-order valence-electron chi connectivity index (χ4n) is 2.06. The van der Waals surface area contributed by atoms with Gasteiger partial charge < -0.3 is 0 Å². The SMILES string of the molecule is CC(C)C1=C(C(C)C)C(=O)CCC1=O. The van der Waals surface area contributed by atoms with Crippen molar-refractivity contribution in [3.05, 3.63) is 11.1 Å². The van der Waals surface area contributed by atoms with E-state index in [1.54, 1.807) is 0 Å². The number of allylic oxidation sites excluding steroid dienone is 2. The number of Topliss-reactive ketones (excluding diaryl/α,β-unsaturated/α-hetero) is 2. The van der Waals surface area contributed by atoms with Crippen LogP contribution in [0.2, 0.25) is 0 Å². The summed E-state index contributed by atoms with van der Waals surface area (Å²) in [7, 11) is 0. The van der Waals surface area contributed by atoms with Crippen LogP contribution in [-0.2, 0) is 9.59 Å². The molecule has 0 unspecified atom stereocenters. The summed E-state index contributed by atoms with van der Waals surface area (Å²) in [5, 5.41) is 0. The summed E-state index contributed by atoms with van der Waals surface area (Å²) in [6, 6.07) is 0. The zero-order chi connectivity index (χ0) is 10.9. The van der Waals surface area contributed by atoms with Crippen LogP contribution in [0.15, 0.2) is 11.1 Å². The summed E-state index contributed by atoms with van der Waals surface area (Å²) < 4.78 is 0. The molecule has 2 heteroatoms. The van der Waals surface area contributed by atoms with Gasteiger partial charge in [0.2, 0.25) is 0 Å². The molecule has 0 heterocycles. The minimum Gasteiger partial charge on any atom is -0.295 e. The van der Waals surface area contributed by atoms with Gasteiger partial charge >= 0.3 is 0 Å². The van der Waals surface area contributed by atoms with Crippen molar-refractivity contribution < 1.29 is 9.59 Å². The monoisotopic (exact) mass is 194 g/mol. The average Bonchev–Trinajstić information content (AvgIpc) is 2.07. The maximum absolute atomic E-state index is 11.7. The molecule has 0 bridgehead atoms. The quantitative estimate of drug-likeness (QED) is 0.677. The molecule has 0 aliphatic heterocycles. The molecule has 1 aliphatic carbocycles. The Morgan fingerprint density at radius 2 is 1.07 bits per heavy atom. The zero-order valence-electron chi connectivity index (χ0n) is 9.39. The van der Waals surface area contributed by atoms with Gasteiger partial charge in [-0.05, 0) is 11.8 Å². The Bertz CT molecular complexity index is 265. The van der Waals surface area contributed by atoms with Crippen LogP contribution in [0.25, 0.3) is 0 Å². The van der Waals surface area contributed by atoms with Gasteiger partial charge in [0, 0.05) is 24.0 Å². The highest BCUT2D eigenvalue weighted by molar-refractivity contribution is 6.11. The van der Waals surface area contributed by atoms with Crippen LogP contribution in [0.5, 0.6) is 0 Å². The second-order valence-electron chi connectivity index (χ2n) is 4.48. The summed E-state index contributed by atoms with van der Waals surface area (Å²) in [5.41, 5.74) is 1.55. The molecule has 0 aromatic rings. The number of hydrogen-bond donors (Lipinski definition) is 0. The lowest BCUT2D eigenvalue weighted by molar-refractivity contribution is -0.123. The van der Waals surface area contributed by atoms with Gasteiger partial charge in [-0.25, -0.2) is 0 Å². The second-order valence-corrected chi connectivity index (χ2v) is 4.48. The first-order valence-corrected chi connectivity index (χ1v) is 5.25. The van der Waals surface area contributed by atoms with Crippen molar-refractivity contribution >= 4 is 11.6 Å². The molecule has 0 radical (unpaired) electrons. The smallest absolute Gasteiger partial charge is 0.159 e. The van der Waals surface area contributed by atoms with E-state index in [1.807, 2.05) is 27.7 Å².